The summed E-state index contributed by atoms with van der Waals surface area (Å²) >= 11 is 0. The van der Waals surface area contributed by atoms with Crippen molar-refractivity contribution in [1.82, 2.24) is 14.9 Å². The first kappa shape index (κ1) is 18.1. The topological polar surface area (TPSA) is 106 Å². The van der Waals surface area contributed by atoms with Crippen molar-refractivity contribution in [2.24, 2.45) is 5.92 Å². The smallest absolute Gasteiger partial charge is 0.325 e. The van der Waals surface area contributed by atoms with Crippen LogP contribution in [0.2, 0.25) is 0 Å². The molecule has 1 saturated heterocycles. The third kappa shape index (κ3) is 4.29. The Bertz CT molecular complexity index is 851. The maximum Gasteiger partial charge on any atom is 0.325 e. The number of aromatic nitrogens is 2. The molecule has 3 rings (SSSR count). The first-order valence-electron chi connectivity index (χ1n) is 8.88. The number of aryl methyl sites for hydroxylation is 1. The summed E-state index contributed by atoms with van der Waals surface area (Å²) in [4.78, 5) is 41.2. The van der Waals surface area contributed by atoms with Crippen LogP contribution >= 0.6 is 0 Å². The summed E-state index contributed by atoms with van der Waals surface area (Å²) in [6, 6.07) is 10.1. The first-order chi connectivity index (χ1) is 12.5. The number of nitrogens with zero attached hydrogens (tertiary/aromatic N) is 1. The zero-order valence-corrected chi connectivity index (χ0v) is 14.5. The minimum atomic E-state index is -0.677. The number of aromatic amines is 2. The molecule has 1 fully saturated rings. The zero-order chi connectivity index (χ0) is 18.5. The van der Waals surface area contributed by atoms with Crippen LogP contribution in [0, 0.1) is 5.92 Å². The highest BCUT2D eigenvalue weighted by atomic mass is 16.3. The summed E-state index contributed by atoms with van der Waals surface area (Å²) in [5, 5.41) is 10.5. The molecule has 1 unspecified atom stereocenters. The van der Waals surface area contributed by atoms with Gasteiger partial charge in [-0.25, -0.2) is 4.79 Å². The van der Waals surface area contributed by atoms with E-state index in [1.807, 2.05) is 18.2 Å². The quantitative estimate of drug-likeness (QED) is 0.739. The van der Waals surface area contributed by atoms with Gasteiger partial charge in [-0.1, -0.05) is 30.3 Å². The average molecular weight is 357 g/mol. The molecule has 2 heterocycles. The molecule has 1 atom stereocenters. The predicted octanol–water partition coefficient (Wildman–Crippen LogP) is 0.909. The van der Waals surface area contributed by atoms with Crippen LogP contribution in [0.15, 0.2) is 46.1 Å². The normalized spacial score (nSPS) is 16.4. The van der Waals surface area contributed by atoms with Crippen LogP contribution in [-0.4, -0.2) is 45.1 Å². The van der Waals surface area contributed by atoms with Gasteiger partial charge >= 0.3 is 5.69 Å². The monoisotopic (exact) mass is 357 g/mol. The number of aliphatic hydroxyl groups excluding tert-OH is 1. The van der Waals surface area contributed by atoms with E-state index < -0.39 is 17.4 Å². The Morgan fingerprint density at radius 1 is 1.19 bits per heavy atom. The fourth-order valence-electron chi connectivity index (χ4n) is 3.42. The van der Waals surface area contributed by atoms with Crippen LogP contribution in [0.1, 0.15) is 35.2 Å². The predicted molar refractivity (Wildman–Crippen MR) is 97.1 cm³/mol. The Hall–Kier alpha value is -2.67. The fraction of sp³-hybridized carbons (Fsp3) is 0.421. The molecule has 0 bridgehead atoms. The van der Waals surface area contributed by atoms with Crippen molar-refractivity contribution in [2.45, 2.75) is 31.8 Å². The number of benzene rings is 1. The Morgan fingerprint density at radius 3 is 2.54 bits per heavy atom. The van der Waals surface area contributed by atoms with Gasteiger partial charge in [-0.3, -0.25) is 14.6 Å². The second-order valence-electron chi connectivity index (χ2n) is 6.71. The lowest BCUT2D eigenvalue weighted by atomic mass is 9.88. The summed E-state index contributed by atoms with van der Waals surface area (Å²) in [6.07, 6.45) is 3.68. The summed E-state index contributed by atoms with van der Waals surface area (Å²) in [5.41, 5.74) is -0.167. The maximum absolute atomic E-state index is 12.4. The van der Waals surface area contributed by atoms with Crippen LogP contribution in [0.25, 0.3) is 0 Å². The first-order valence-corrected chi connectivity index (χ1v) is 8.88. The van der Waals surface area contributed by atoms with E-state index in [9.17, 15) is 19.5 Å². The molecule has 1 aliphatic rings. The number of likely N-dealkylation sites (tertiary alicyclic amines) is 1. The fourth-order valence-corrected chi connectivity index (χ4v) is 3.42. The van der Waals surface area contributed by atoms with Crippen molar-refractivity contribution >= 4 is 5.91 Å². The molecule has 2 aromatic rings. The number of rotatable bonds is 5. The van der Waals surface area contributed by atoms with Crippen molar-refractivity contribution in [3.05, 3.63) is 68.5 Å². The van der Waals surface area contributed by atoms with Crippen LogP contribution in [0.3, 0.4) is 0 Å². The number of hydrogen-bond acceptors (Lipinski definition) is 4. The third-order valence-electron chi connectivity index (χ3n) is 4.99. The van der Waals surface area contributed by atoms with Crippen molar-refractivity contribution < 1.29 is 9.90 Å². The molecule has 1 aromatic heterocycles. The van der Waals surface area contributed by atoms with E-state index in [-0.39, 0.29) is 17.4 Å². The number of H-pyrrole nitrogens is 2. The molecule has 7 nitrogen and oxygen atoms in total. The van der Waals surface area contributed by atoms with E-state index in [0.717, 1.165) is 12.6 Å². The Kier molecular flexibility index (Phi) is 5.68. The lowest BCUT2D eigenvalue weighted by Gasteiger charge is -2.34. The van der Waals surface area contributed by atoms with Gasteiger partial charge in [0.05, 0.1) is 6.10 Å². The van der Waals surface area contributed by atoms with Gasteiger partial charge in [0.15, 0.2) is 0 Å². The van der Waals surface area contributed by atoms with Crippen molar-refractivity contribution in [3.8, 4) is 0 Å². The molecule has 0 radical (unpaired) electrons. The molecule has 0 aliphatic carbocycles. The highest BCUT2D eigenvalue weighted by molar-refractivity contribution is 5.93. The third-order valence-corrected chi connectivity index (χ3v) is 4.99. The Morgan fingerprint density at radius 2 is 1.88 bits per heavy atom. The van der Waals surface area contributed by atoms with Gasteiger partial charge in [0, 0.05) is 19.3 Å². The SMILES string of the molecule is O=C(c1c[nH]c(=O)[nH]c1=O)N1CCC(C(O)CCc2ccccc2)CC1. The molecule has 3 N–H and O–H groups in total. The van der Waals surface area contributed by atoms with Gasteiger partial charge in [0.1, 0.15) is 5.56 Å². The maximum atomic E-state index is 12.4. The molecule has 1 amide bonds. The van der Waals surface area contributed by atoms with Crippen molar-refractivity contribution in [3.63, 3.8) is 0 Å². The molecular weight excluding hydrogens is 334 g/mol. The molecule has 7 heteroatoms. The molecular formula is C19H23N3O4. The lowest BCUT2D eigenvalue weighted by molar-refractivity contribution is 0.0435. The number of piperidine rings is 1. The average Bonchev–Trinajstić information content (AvgIpc) is 2.66. The van der Waals surface area contributed by atoms with Gasteiger partial charge in [0.2, 0.25) is 0 Å². The summed E-state index contributed by atoms with van der Waals surface area (Å²) in [5.74, 6) is -0.239. The number of amides is 1. The molecule has 26 heavy (non-hydrogen) atoms. The van der Waals surface area contributed by atoms with E-state index in [1.54, 1.807) is 4.90 Å². The van der Waals surface area contributed by atoms with E-state index in [2.05, 4.69) is 22.1 Å². The highest BCUT2D eigenvalue weighted by Gasteiger charge is 2.28. The molecule has 0 spiro atoms. The minimum Gasteiger partial charge on any atom is -0.393 e. The highest BCUT2D eigenvalue weighted by Crippen LogP contribution is 2.24. The second kappa shape index (κ2) is 8.14. The van der Waals surface area contributed by atoms with E-state index in [0.29, 0.717) is 32.4 Å². The van der Waals surface area contributed by atoms with Gasteiger partial charge in [-0.15, -0.1) is 0 Å². The number of carbonyl (C=O) groups is 1. The summed E-state index contributed by atoms with van der Waals surface area (Å²) in [6.45, 7) is 0.981. The zero-order valence-electron chi connectivity index (χ0n) is 14.5. The summed E-state index contributed by atoms with van der Waals surface area (Å²) in [7, 11) is 0. The van der Waals surface area contributed by atoms with E-state index in [4.69, 9.17) is 0 Å². The van der Waals surface area contributed by atoms with Crippen LogP contribution in [0.5, 0.6) is 0 Å². The van der Waals surface area contributed by atoms with Crippen molar-refractivity contribution in [1.29, 1.82) is 0 Å². The van der Waals surface area contributed by atoms with Gasteiger partial charge in [0.25, 0.3) is 11.5 Å². The summed E-state index contributed by atoms with van der Waals surface area (Å²) < 4.78 is 0. The standard InChI is InChI=1S/C19H23N3O4/c23-16(7-6-13-4-2-1-3-5-13)14-8-10-22(11-9-14)18(25)15-12-20-19(26)21-17(15)24/h1-5,12,14,16,23H,6-11H2,(H2,20,21,24,26). The largest absolute Gasteiger partial charge is 0.393 e. The minimum absolute atomic E-state index is 0.0623. The number of aliphatic hydroxyl groups is 1. The molecule has 1 aliphatic heterocycles. The lowest BCUT2D eigenvalue weighted by Crippen LogP contribution is -2.43. The molecule has 1 aromatic carbocycles. The van der Waals surface area contributed by atoms with Crippen LogP contribution in [-0.2, 0) is 6.42 Å². The van der Waals surface area contributed by atoms with Gasteiger partial charge in [-0.2, -0.15) is 0 Å². The Labute approximate surface area is 150 Å². The molecule has 0 saturated carbocycles. The van der Waals surface area contributed by atoms with Crippen molar-refractivity contribution in [2.75, 3.05) is 13.1 Å². The second-order valence-corrected chi connectivity index (χ2v) is 6.71. The Balaban J connectivity index is 1.52. The molecule has 138 valence electrons. The van der Waals surface area contributed by atoms with Crippen LogP contribution in [0.4, 0.5) is 0 Å². The number of carbonyl (C=O) groups excluding carboxylic acids is 1. The van der Waals surface area contributed by atoms with Gasteiger partial charge < -0.3 is 15.0 Å². The van der Waals surface area contributed by atoms with E-state index in [1.165, 1.54) is 5.56 Å². The van der Waals surface area contributed by atoms with Gasteiger partial charge in [-0.05, 0) is 37.2 Å². The number of hydrogen-bond donors (Lipinski definition) is 3. The van der Waals surface area contributed by atoms with E-state index >= 15 is 0 Å². The number of nitrogens with one attached hydrogen (secondary N) is 2. The van der Waals surface area contributed by atoms with Crippen LogP contribution < -0.4 is 11.2 Å².